The van der Waals surface area contributed by atoms with Gasteiger partial charge in [-0.1, -0.05) is 42.5 Å². The van der Waals surface area contributed by atoms with E-state index in [0.29, 0.717) is 12.1 Å². The van der Waals surface area contributed by atoms with Crippen molar-refractivity contribution in [3.63, 3.8) is 0 Å². The van der Waals surface area contributed by atoms with Gasteiger partial charge in [0.05, 0.1) is 12.5 Å². The van der Waals surface area contributed by atoms with E-state index in [9.17, 15) is 10.1 Å². The zero-order valence-corrected chi connectivity index (χ0v) is 13.8. The molecular formula is C19H22N2O2. The Kier molecular flexibility index (Phi) is 4.90. The summed E-state index contributed by atoms with van der Waals surface area (Å²) in [7, 11) is 0. The molecule has 1 amide bonds. The average Bonchev–Trinajstić information content (AvgIpc) is 2.47. The minimum atomic E-state index is -0.561. The van der Waals surface area contributed by atoms with Crippen LogP contribution < -0.4 is 5.32 Å². The van der Waals surface area contributed by atoms with Gasteiger partial charge in [-0.3, -0.25) is 5.32 Å². The van der Waals surface area contributed by atoms with Crippen molar-refractivity contribution < 1.29 is 9.53 Å². The van der Waals surface area contributed by atoms with E-state index in [1.165, 1.54) is 0 Å². The molecule has 0 fully saturated rings. The van der Waals surface area contributed by atoms with Crippen molar-refractivity contribution in [2.45, 2.75) is 44.6 Å². The summed E-state index contributed by atoms with van der Waals surface area (Å²) in [6.45, 7) is 5.47. The van der Waals surface area contributed by atoms with Crippen molar-refractivity contribution in [2.75, 3.05) is 5.32 Å². The summed E-state index contributed by atoms with van der Waals surface area (Å²) in [5, 5.41) is 12.1. The summed E-state index contributed by atoms with van der Waals surface area (Å²) in [5.41, 5.74) is 0.472. The molecule has 0 heterocycles. The lowest BCUT2D eigenvalue weighted by Crippen LogP contribution is -2.29. The van der Waals surface area contributed by atoms with Gasteiger partial charge in [-0.2, -0.15) is 5.26 Å². The van der Waals surface area contributed by atoms with Crippen molar-refractivity contribution in [2.24, 2.45) is 0 Å². The lowest BCUT2D eigenvalue weighted by molar-refractivity contribution is 0.0635. The Labute approximate surface area is 137 Å². The molecule has 2 rings (SSSR count). The molecular weight excluding hydrogens is 288 g/mol. The second kappa shape index (κ2) is 6.70. The number of amides is 1. The van der Waals surface area contributed by atoms with Crippen LogP contribution in [0.25, 0.3) is 0 Å². The number of anilines is 1. The van der Waals surface area contributed by atoms with Gasteiger partial charge in [0.15, 0.2) is 0 Å². The number of nitrogens with zero attached hydrogens (tertiary/aromatic N) is 1. The van der Waals surface area contributed by atoms with Gasteiger partial charge in [0.1, 0.15) is 5.60 Å². The summed E-state index contributed by atoms with van der Waals surface area (Å²) < 4.78 is 5.33. The number of rotatable bonds is 3. The molecule has 0 spiro atoms. The van der Waals surface area contributed by atoms with Crippen LogP contribution in [0.15, 0.2) is 48.6 Å². The Morgan fingerprint density at radius 1 is 1.30 bits per heavy atom. The molecule has 0 atom stereocenters. The van der Waals surface area contributed by atoms with Gasteiger partial charge in [0, 0.05) is 11.1 Å². The largest absolute Gasteiger partial charge is 0.444 e. The van der Waals surface area contributed by atoms with E-state index < -0.39 is 17.1 Å². The summed E-state index contributed by atoms with van der Waals surface area (Å²) >= 11 is 0. The number of benzene rings is 1. The number of hydrogen-bond donors (Lipinski definition) is 1. The molecule has 1 aliphatic carbocycles. The monoisotopic (exact) mass is 310 g/mol. The molecule has 0 saturated carbocycles. The van der Waals surface area contributed by atoms with Crippen LogP contribution in [0.4, 0.5) is 10.5 Å². The highest BCUT2D eigenvalue weighted by molar-refractivity contribution is 5.86. The molecule has 1 N–H and O–H groups in total. The Hall–Kier alpha value is -2.54. The maximum Gasteiger partial charge on any atom is 0.412 e. The van der Waals surface area contributed by atoms with Crippen LogP contribution >= 0.6 is 0 Å². The Bertz CT molecular complexity index is 663. The molecule has 1 aliphatic rings. The number of carbonyl (C=O) groups excluding carboxylic acids is 1. The number of carbonyl (C=O) groups is 1. The van der Waals surface area contributed by atoms with Gasteiger partial charge in [0.25, 0.3) is 0 Å². The molecule has 1 aromatic carbocycles. The minimum Gasteiger partial charge on any atom is -0.444 e. The number of nitrogens with one attached hydrogen (secondary N) is 1. The maximum absolute atomic E-state index is 12.1. The van der Waals surface area contributed by atoms with Gasteiger partial charge in [-0.15, -0.1) is 0 Å². The zero-order chi connectivity index (χ0) is 16.9. The molecule has 0 aromatic heterocycles. The van der Waals surface area contributed by atoms with Crippen LogP contribution in [0.1, 0.15) is 39.2 Å². The molecule has 0 bridgehead atoms. The Morgan fingerprint density at radius 2 is 1.96 bits per heavy atom. The first kappa shape index (κ1) is 16.8. The fourth-order valence-corrected chi connectivity index (χ4v) is 2.63. The van der Waals surface area contributed by atoms with Gasteiger partial charge in [-0.25, -0.2) is 4.79 Å². The summed E-state index contributed by atoms with van der Waals surface area (Å²) in [6, 6.07) is 9.77. The van der Waals surface area contributed by atoms with Crippen molar-refractivity contribution in [1.82, 2.24) is 0 Å². The van der Waals surface area contributed by atoms with Crippen molar-refractivity contribution in [3.8, 4) is 6.07 Å². The number of allylic oxidation sites excluding steroid dienone is 4. The summed E-state index contributed by atoms with van der Waals surface area (Å²) in [4.78, 5) is 12.1. The highest BCUT2D eigenvalue weighted by Gasteiger charge is 2.30. The predicted octanol–water partition coefficient (Wildman–Crippen LogP) is 4.70. The fraction of sp³-hybridized carbons (Fsp3) is 0.368. The molecule has 0 radical (unpaired) electrons. The number of para-hydroxylation sites is 1. The third-order valence-electron chi connectivity index (χ3n) is 3.54. The van der Waals surface area contributed by atoms with Gasteiger partial charge < -0.3 is 4.74 Å². The smallest absolute Gasteiger partial charge is 0.412 e. The van der Waals surface area contributed by atoms with Crippen LogP contribution in [0.5, 0.6) is 0 Å². The molecule has 120 valence electrons. The van der Waals surface area contributed by atoms with E-state index >= 15 is 0 Å². The van der Waals surface area contributed by atoms with Gasteiger partial charge >= 0.3 is 6.09 Å². The Balaban J connectivity index is 2.35. The maximum atomic E-state index is 12.1. The highest BCUT2D eigenvalue weighted by atomic mass is 16.6. The normalized spacial score (nSPS) is 15.7. The van der Waals surface area contributed by atoms with E-state index in [1.54, 1.807) is 0 Å². The van der Waals surface area contributed by atoms with Crippen molar-refractivity contribution in [3.05, 3.63) is 54.1 Å². The second-order valence-electron chi connectivity index (χ2n) is 6.59. The summed E-state index contributed by atoms with van der Waals surface area (Å²) in [6.07, 6.45) is 8.82. The van der Waals surface area contributed by atoms with Crippen LogP contribution in [-0.4, -0.2) is 11.7 Å². The quantitative estimate of drug-likeness (QED) is 0.823. The van der Waals surface area contributed by atoms with Crippen molar-refractivity contribution >= 4 is 11.8 Å². The van der Waals surface area contributed by atoms with E-state index in [1.807, 2.05) is 69.3 Å². The topological polar surface area (TPSA) is 62.1 Å². The summed E-state index contributed by atoms with van der Waals surface area (Å²) in [5.74, 6) is 0. The molecule has 0 aliphatic heterocycles. The predicted molar refractivity (Wildman–Crippen MR) is 91.1 cm³/mol. The van der Waals surface area contributed by atoms with E-state index in [-0.39, 0.29) is 0 Å². The van der Waals surface area contributed by atoms with E-state index in [0.717, 1.165) is 12.0 Å². The van der Waals surface area contributed by atoms with Gasteiger partial charge in [0.2, 0.25) is 0 Å². The minimum absolute atomic E-state index is 0.313. The molecule has 4 heteroatoms. The molecule has 0 unspecified atom stereocenters. The van der Waals surface area contributed by atoms with E-state index in [4.69, 9.17) is 4.74 Å². The number of hydrogen-bond acceptors (Lipinski definition) is 3. The first-order valence-corrected chi connectivity index (χ1v) is 7.68. The average molecular weight is 310 g/mol. The molecule has 1 aromatic rings. The van der Waals surface area contributed by atoms with Gasteiger partial charge in [-0.05, 0) is 38.8 Å². The number of nitriles is 1. The molecule has 0 saturated heterocycles. The highest BCUT2D eigenvalue weighted by Crippen LogP contribution is 2.38. The number of ether oxygens (including phenoxy) is 1. The molecule has 4 nitrogen and oxygen atoms in total. The van der Waals surface area contributed by atoms with Crippen LogP contribution in [0, 0.1) is 11.3 Å². The SMILES string of the molecule is CC(C)(C)OC(=O)Nc1ccccc1C1(CC#N)C=CCC=C1. The lowest BCUT2D eigenvalue weighted by Gasteiger charge is -2.30. The Morgan fingerprint density at radius 3 is 2.57 bits per heavy atom. The third-order valence-corrected chi connectivity index (χ3v) is 3.54. The lowest BCUT2D eigenvalue weighted by atomic mass is 9.74. The fourth-order valence-electron chi connectivity index (χ4n) is 2.63. The van der Waals surface area contributed by atoms with Crippen LogP contribution in [-0.2, 0) is 10.2 Å². The second-order valence-corrected chi connectivity index (χ2v) is 6.59. The van der Waals surface area contributed by atoms with E-state index in [2.05, 4.69) is 11.4 Å². The van der Waals surface area contributed by atoms with Crippen LogP contribution in [0.3, 0.4) is 0 Å². The first-order chi connectivity index (χ1) is 10.9. The zero-order valence-electron chi connectivity index (χ0n) is 13.8. The van der Waals surface area contributed by atoms with Crippen LogP contribution in [0.2, 0.25) is 0 Å². The first-order valence-electron chi connectivity index (χ1n) is 7.68. The van der Waals surface area contributed by atoms with Crippen molar-refractivity contribution in [1.29, 1.82) is 5.26 Å². The molecule has 23 heavy (non-hydrogen) atoms. The third kappa shape index (κ3) is 4.23. The standard InChI is InChI=1S/C19H22N2O2/c1-18(2,3)23-17(22)21-16-10-6-5-9-15(16)19(13-14-20)11-7-4-8-12-19/h5-12H,4,13H2,1-3H3,(H,21,22).